The van der Waals surface area contributed by atoms with Gasteiger partial charge in [-0.1, -0.05) is 13.8 Å². The number of carboxylic acids is 1. The predicted octanol–water partition coefficient (Wildman–Crippen LogP) is -0.00390. The van der Waals surface area contributed by atoms with Crippen LogP contribution < -0.4 is 0 Å². The van der Waals surface area contributed by atoms with Gasteiger partial charge in [0, 0.05) is 26.2 Å². The minimum Gasteiger partial charge on any atom is -0.481 e. The summed E-state index contributed by atoms with van der Waals surface area (Å²) in [6.45, 7) is 5.44. The van der Waals surface area contributed by atoms with E-state index in [1.807, 2.05) is 13.8 Å². The molecule has 2 saturated heterocycles. The average molecular weight is 306 g/mol. The third-order valence-corrected chi connectivity index (χ3v) is 6.40. The van der Waals surface area contributed by atoms with Crippen LogP contribution in [0.25, 0.3) is 0 Å². The predicted molar refractivity (Wildman–Crippen MR) is 72.4 cm³/mol. The summed E-state index contributed by atoms with van der Waals surface area (Å²) < 4.78 is 32.9. The SMILES string of the molecule is CC(C)C1(C(=O)O)CCN(S(=O)(=O)N2CCOCC2)C1. The number of aliphatic carboxylic acids is 1. The lowest BCUT2D eigenvalue weighted by molar-refractivity contribution is -0.150. The smallest absolute Gasteiger partial charge is 0.311 e. The fourth-order valence-corrected chi connectivity index (χ4v) is 4.48. The molecule has 0 aromatic rings. The van der Waals surface area contributed by atoms with Crippen molar-refractivity contribution in [2.75, 3.05) is 39.4 Å². The monoisotopic (exact) mass is 306 g/mol. The van der Waals surface area contributed by atoms with Gasteiger partial charge in [0.15, 0.2) is 0 Å². The van der Waals surface area contributed by atoms with Gasteiger partial charge in [-0.25, -0.2) is 0 Å². The minimum atomic E-state index is -3.58. The summed E-state index contributed by atoms with van der Waals surface area (Å²) in [4.78, 5) is 11.6. The first kappa shape index (κ1) is 15.7. The standard InChI is InChI=1S/C12H22N2O5S/c1-10(2)12(11(15)16)3-4-14(9-12)20(17,18)13-5-7-19-8-6-13/h10H,3-9H2,1-2H3,(H,15,16). The Bertz CT molecular complexity index is 472. The fraction of sp³-hybridized carbons (Fsp3) is 0.917. The van der Waals surface area contributed by atoms with Crippen molar-refractivity contribution in [1.29, 1.82) is 0 Å². The highest BCUT2D eigenvalue weighted by Gasteiger charge is 2.51. The molecule has 2 heterocycles. The van der Waals surface area contributed by atoms with E-state index in [-0.39, 0.29) is 19.0 Å². The molecule has 1 unspecified atom stereocenters. The summed E-state index contributed by atoms with van der Waals surface area (Å²) in [7, 11) is -3.58. The number of carbonyl (C=O) groups is 1. The third-order valence-electron chi connectivity index (χ3n) is 4.42. The van der Waals surface area contributed by atoms with Crippen molar-refractivity contribution in [3.8, 4) is 0 Å². The van der Waals surface area contributed by atoms with E-state index in [1.165, 1.54) is 8.61 Å². The molecule has 1 N–H and O–H groups in total. The van der Waals surface area contributed by atoms with Gasteiger partial charge in [-0.15, -0.1) is 0 Å². The van der Waals surface area contributed by atoms with E-state index in [9.17, 15) is 18.3 Å². The zero-order chi connectivity index (χ0) is 15.0. The highest BCUT2D eigenvalue weighted by Crippen LogP contribution is 2.39. The van der Waals surface area contributed by atoms with Gasteiger partial charge in [-0.05, 0) is 12.3 Å². The van der Waals surface area contributed by atoms with Crippen molar-refractivity contribution in [3.63, 3.8) is 0 Å². The van der Waals surface area contributed by atoms with Gasteiger partial charge >= 0.3 is 5.97 Å². The van der Waals surface area contributed by atoms with Crippen molar-refractivity contribution >= 4 is 16.2 Å². The first-order valence-electron chi connectivity index (χ1n) is 6.87. The van der Waals surface area contributed by atoms with Gasteiger partial charge in [-0.3, -0.25) is 4.79 Å². The Hall–Kier alpha value is -0.700. The van der Waals surface area contributed by atoms with Gasteiger partial charge < -0.3 is 9.84 Å². The van der Waals surface area contributed by atoms with Gasteiger partial charge in [-0.2, -0.15) is 17.0 Å². The second-order valence-corrected chi connectivity index (χ2v) is 7.65. The molecule has 0 spiro atoms. The van der Waals surface area contributed by atoms with E-state index in [0.29, 0.717) is 32.7 Å². The molecule has 0 radical (unpaired) electrons. The van der Waals surface area contributed by atoms with Crippen molar-refractivity contribution in [1.82, 2.24) is 8.61 Å². The molecule has 8 heteroatoms. The molecule has 0 bridgehead atoms. The molecule has 20 heavy (non-hydrogen) atoms. The van der Waals surface area contributed by atoms with Crippen molar-refractivity contribution in [3.05, 3.63) is 0 Å². The normalized spacial score (nSPS) is 29.9. The summed E-state index contributed by atoms with van der Waals surface area (Å²) in [5.41, 5.74) is -0.973. The van der Waals surface area contributed by atoms with Crippen molar-refractivity contribution < 1.29 is 23.1 Å². The van der Waals surface area contributed by atoms with Crippen LogP contribution in [0.4, 0.5) is 0 Å². The van der Waals surface area contributed by atoms with E-state index >= 15 is 0 Å². The molecule has 0 aliphatic carbocycles. The molecule has 0 aromatic heterocycles. The highest BCUT2D eigenvalue weighted by atomic mass is 32.2. The van der Waals surface area contributed by atoms with Crippen LogP contribution >= 0.6 is 0 Å². The largest absolute Gasteiger partial charge is 0.481 e. The van der Waals surface area contributed by atoms with E-state index in [4.69, 9.17) is 4.74 Å². The van der Waals surface area contributed by atoms with E-state index in [0.717, 1.165) is 0 Å². The molecular weight excluding hydrogens is 284 g/mol. The maximum absolute atomic E-state index is 12.5. The molecule has 2 aliphatic rings. The molecule has 1 atom stereocenters. The van der Waals surface area contributed by atoms with E-state index < -0.39 is 21.6 Å². The van der Waals surface area contributed by atoms with Crippen molar-refractivity contribution in [2.24, 2.45) is 11.3 Å². The van der Waals surface area contributed by atoms with Crippen LogP contribution in [0.15, 0.2) is 0 Å². The van der Waals surface area contributed by atoms with E-state index in [1.54, 1.807) is 0 Å². The Morgan fingerprint density at radius 2 is 1.80 bits per heavy atom. The first-order chi connectivity index (χ1) is 9.30. The molecule has 2 rings (SSSR count). The van der Waals surface area contributed by atoms with Gasteiger partial charge in [0.2, 0.25) is 0 Å². The van der Waals surface area contributed by atoms with E-state index in [2.05, 4.69) is 0 Å². The highest BCUT2D eigenvalue weighted by molar-refractivity contribution is 7.86. The van der Waals surface area contributed by atoms with Crippen LogP contribution in [-0.2, 0) is 19.7 Å². The maximum Gasteiger partial charge on any atom is 0.311 e. The number of hydrogen-bond acceptors (Lipinski definition) is 4. The Labute approximate surface area is 119 Å². The molecule has 7 nitrogen and oxygen atoms in total. The number of hydrogen-bond donors (Lipinski definition) is 1. The van der Waals surface area contributed by atoms with Crippen LogP contribution in [-0.4, -0.2) is 67.5 Å². The Kier molecular flexibility index (Phi) is 4.38. The molecule has 116 valence electrons. The lowest BCUT2D eigenvalue weighted by Gasteiger charge is -2.32. The average Bonchev–Trinajstić information content (AvgIpc) is 2.87. The van der Waals surface area contributed by atoms with Gasteiger partial charge in [0.05, 0.1) is 18.6 Å². The zero-order valence-electron chi connectivity index (χ0n) is 11.9. The Morgan fingerprint density at radius 3 is 2.25 bits per heavy atom. The number of morpholine rings is 1. The summed E-state index contributed by atoms with van der Waals surface area (Å²) in [5, 5.41) is 9.47. The second-order valence-electron chi connectivity index (χ2n) is 5.72. The molecule has 0 aromatic carbocycles. The van der Waals surface area contributed by atoms with Crippen LogP contribution in [0.1, 0.15) is 20.3 Å². The lowest BCUT2D eigenvalue weighted by Crippen LogP contribution is -2.49. The summed E-state index contributed by atoms with van der Waals surface area (Å²) in [5.74, 6) is -1.02. The zero-order valence-corrected chi connectivity index (χ0v) is 12.7. The third kappa shape index (κ3) is 2.57. The lowest BCUT2D eigenvalue weighted by atomic mass is 9.77. The minimum absolute atomic E-state index is 0.0552. The Morgan fingerprint density at radius 1 is 1.20 bits per heavy atom. The van der Waals surface area contributed by atoms with Crippen LogP contribution in [0.2, 0.25) is 0 Å². The van der Waals surface area contributed by atoms with Crippen molar-refractivity contribution in [2.45, 2.75) is 20.3 Å². The molecule has 0 saturated carbocycles. The topological polar surface area (TPSA) is 87.2 Å². The first-order valence-corrected chi connectivity index (χ1v) is 8.27. The summed E-state index contributed by atoms with van der Waals surface area (Å²) >= 11 is 0. The van der Waals surface area contributed by atoms with Gasteiger partial charge in [0.25, 0.3) is 10.2 Å². The molecule has 2 fully saturated rings. The fourth-order valence-electron chi connectivity index (χ4n) is 2.83. The number of carboxylic acid groups (broad SMARTS) is 1. The molecular formula is C12H22N2O5S. The molecule has 0 amide bonds. The summed E-state index contributed by atoms with van der Waals surface area (Å²) in [6, 6.07) is 0. The van der Waals surface area contributed by atoms with Crippen LogP contribution in [0.5, 0.6) is 0 Å². The molecule has 2 aliphatic heterocycles. The number of nitrogens with zero attached hydrogens (tertiary/aromatic N) is 2. The number of ether oxygens (including phenoxy) is 1. The second kappa shape index (κ2) is 5.59. The van der Waals surface area contributed by atoms with Gasteiger partial charge in [0.1, 0.15) is 0 Å². The Balaban J connectivity index is 2.17. The number of rotatable bonds is 4. The quantitative estimate of drug-likeness (QED) is 0.790. The van der Waals surface area contributed by atoms with Crippen LogP contribution in [0.3, 0.4) is 0 Å². The summed E-state index contributed by atoms with van der Waals surface area (Å²) in [6.07, 6.45) is 0.365. The maximum atomic E-state index is 12.5. The van der Waals surface area contributed by atoms with Crippen LogP contribution in [0, 0.1) is 11.3 Å².